The summed E-state index contributed by atoms with van der Waals surface area (Å²) in [4.78, 5) is 15.7. The Morgan fingerprint density at radius 1 is 1.52 bits per heavy atom. The van der Waals surface area contributed by atoms with Gasteiger partial charge in [-0.3, -0.25) is 4.79 Å². The van der Waals surface area contributed by atoms with Crippen molar-refractivity contribution in [2.24, 2.45) is 0 Å². The van der Waals surface area contributed by atoms with E-state index in [1.54, 1.807) is 11.0 Å². The zero-order chi connectivity index (χ0) is 15.2. The van der Waals surface area contributed by atoms with E-state index in [1.165, 1.54) is 11.3 Å². The molecule has 0 aliphatic carbocycles. The van der Waals surface area contributed by atoms with E-state index in [2.05, 4.69) is 11.8 Å². The van der Waals surface area contributed by atoms with Gasteiger partial charge in [-0.15, -0.1) is 11.3 Å². The van der Waals surface area contributed by atoms with Crippen LogP contribution in [-0.4, -0.2) is 59.5 Å². The molecule has 5 nitrogen and oxygen atoms in total. The number of amides is 1. The molecular formula is C15H19NO4S. The standard InChI is InChI=1S/C15H19NO4S/c1-11-10-20-12(9-18)8-16(11)15(19)14-6-5-13(21-14)4-2-3-7-17/h5-6,11-12,17-18H,3,7-10H2,1H3. The lowest BCUT2D eigenvalue weighted by Crippen LogP contribution is -2.51. The molecule has 2 N–H and O–H groups in total. The number of nitrogens with zero attached hydrogens (tertiary/aromatic N) is 1. The smallest absolute Gasteiger partial charge is 0.264 e. The molecule has 6 heteroatoms. The molecule has 2 unspecified atom stereocenters. The van der Waals surface area contributed by atoms with Gasteiger partial charge in [0.15, 0.2) is 0 Å². The van der Waals surface area contributed by atoms with Gasteiger partial charge in [-0.1, -0.05) is 11.8 Å². The molecule has 1 amide bonds. The van der Waals surface area contributed by atoms with Gasteiger partial charge >= 0.3 is 0 Å². The van der Waals surface area contributed by atoms with Crippen molar-refractivity contribution in [2.75, 3.05) is 26.4 Å². The number of aliphatic hydroxyl groups excluding tert-OH is 2. The molecule has 0 aromatic carbocycles. The largest absolute Gasteiger partial charge is 0.395 e. The summed E-state index contributed by atoms with van der Waals surface area (Å²) in [7, 11) is 0. The van der Waals surface area contributed by atoms with Crippen LogP contribution >= 0.6 is 11.3 Å². The van der Waals surface area contributed by atoms with E-state index in [9.17, 15) is 9.90 Å². The molecule has 0 bridgehead atoms. The molecule has 1 aliphatic heterocycles. The van der Waals surface area contributed by atoms with E-state index in [1.807, 2.05) is 13.0 Å². The second-order valence-electron chi connectivity index (χ2n) is 4.88. The first-order valence-electron chi connectivity index (χ1n) is 6.88. The summed E-state index contributed by atoms with van der Waals surface area (Å²) in [6.07, 6.45) is 0.119. The molecule has 1 aromatic rings. The number of ether oxygens (including phenoxy) is 1. The van der Waals surface area contributed by atoms with Gasteiger partial charge in [0, 0.05) is 13.0 Å². The van der Waals surface area contributed by atoms with Crippen LogP contribution in [0.3, 0.4) is 0 Å². The maximum absolute atomic E-state index is 12.5. The molecule has 2 rings (SSSR count). The van der Waals surface area contributed by atoms with E-state index in [0.717, 1.165) is 4.88 Å². The molecule has 21 heavy (non-hydrogen) atoms. The van der Waals surface area contributed by atoms with E-state index in [4.69, 9.17) is 9.84 Å². The van der Waals surface area contributed by atoms with Gasteiger partial charge in [-0.25, -0.2) is 0 Å². The minimum absolute atomic E-state index is 0.00803. The van der Waals surface area contributed by atoms with Crippen LogP contribution in [0.2, 0.25) is 0 Å². The van der Waals surface area contributed by atoms with Crippen LogP contribution < -0.4 is 0 Å². The van der Waals surface area contributed by atoms with Gasteiger partial charge in [0.1, 0.15) is 0 Å². The second kappa shape index (κ2) is 7.57. The van der Waals surface area contributed by atoms with Crippen molar-refractivity contribution in [3.05, 3.63) is 21.9 Å². The highest BCUT2D eigenvalue weighted by atomic mass is 32.1. The van der Waals surface area contributed by atoms with Crippen molar-refractivity contribution in [1.82, 2.24) is 4.90 Å². The summed E-state index contributed by atoms with van der Waals surface area (Å²) < 4.78 is 5.44. The summed E-state index contributed by atoms with van der Waals surface area (Å²) in [5.74, 6) is 5.72. The number of hydrogen-bond acceptors (Lipinski definition) is 5. The Hall–Kier alpha value is -1.39. The maximum Gasteiger partial charge on any atom is 0.264 e. The topological polar surface area (TPSA) is 70.0 Å². The Bertz CT molecular complexity index is 545. The first kappa shape index (κ1) is 16.0. The lowest BCUT2D eigenvalue weighted by atomic mass is 10.2. The summed E-state index contributed by atoms with van der Waals surface area (Å²) in [5.41, 5.74) is 0. The summed E-state index contributed by atoms with van der Waals surface area (Å²) in [6.45, 7) is 2.73. The Morgan fingerprint density at radius 3 is 3.05 bits per heavy atom. The van der Waals surface area contributed by atoms with Gasteiger partial charge in [0.25, 0.3) is 5.91 Å². The minimum atomic E-state index is -0.311. The Labute approximate surface area is 128 Å². The molecule has 1 fully saturated rings. The molecule has 0 radical (unpaired) electrons. The molecule has 1 aromatic heterocycles. The van der Waals surface area contributed by atoms with Crippen molar-refractivity contribution in [3.63, 3.8) is 0 Å². The van der Waals surface area contributed by atoms with E-state index in [0.29, 0.717) is 24.4 Å². The molecule has 2 atom stereocenters. The number of carbonyl (C=O) groups excluding carboxylic acids is 1. The number of thiophene rings is 1. The number of carbonyl (C=O) groups is 1. The number of morpholine rings is 1. The lowest BCUT2D eigenvalue weighted by molar-refractivity contribution is -0.0666. The third-order valence-corrected chi connectivity index (χ3v) is 4.22. The van der Waals surface area contributed by atoms with Crippen molar-refractivity contribution in [2.45, 2.75) is 25.5 Å². The fraction of sp³-hybridized carbons (Fsp3) is 0.533. The predicted octanol–water partition coefficient (Wildman–Crippen LogP) is 0.704. The molecule has 0 saturated carbocycles. The van der Waals surface area contributed by atoms with Gasteiger partial charge in [-0.05, 0) is 19.1 Å². The summed E-state index contributed by atoms with van der Waals surface area (Å²) >= 11 is 1.35. The highest BCUT2D eigenvalue weighted by Gasteiger charge is 2.30. The average Bonchev–Trinajstić information content (AvgIpc) is 2.96. The van der Waals surface area contributed by atoms with Crippen LogP contribution in [0, 0.1) is 11.8 Å². The highest BCUT2D eigenvalue weighted by molar-refractivity contribution is 7.14. The van der Waals surface area contributed by atoms with E-state index in [-0.39, 0.29) is 31.3 Å². The monoisotopic (exact) mass is 309 g/mol. The van der Waals surface area contributed by atoms with Crippen LogP contribution in [0.1, 0.15) is 27.9 Å². The van der Waals surface area contributed by atoms with Gasteiger partial charge in [0.05, 0.1) is 41.7 Å². The fourth-order valence-corrected chi connectivity index (χ4v) is 2.91. The Kier molecular flexibility index (Phi) is 5.76. The molecule has 1 aliphatic rings. The van der Waals surface area contributed by atoms with Crippen molar-refractivity contribution in [1.29, 1.82) is 0 Å². The van der Waals surface area contributed by atoms with Crippen molar-refractivity contribution in [3.8, 4) is 11.8 Å². The minimum Gasteiger partial charge on any atom is -0.395 e. The zero-order valence-corrected chi connectivity index (χ0v) is 12.7. The quantitative estimate of drug-likeness (QED) is 0.807. The average molecular weight is 309 g/mol. The Balaban J connectivity index is 2.07. The second-order valence-corrected chi connectivity index (χ2v) is 5.97. The molecular weight excluding hydrogens is 290 g/mol. The Morgan fingerprint density at radius 2 is 2.33 bits per heavy atom. The van der Waals surface area contributed by atoms with Crippen LogP contribution in [0.5, 0.6) is 0 Å². The van der Waals surface area contributed by atoms with Crippen molar-refractivity contribution < 1.29 is 19.7 Å². The van der Waals surface area contributed by atoms with Gasteiger partial charge in [0.2, 0.25) is 0 Å². The molecule has 0 spiro atoms. The van der Waals surface area contributed by atoms with Crippen LogP contribution in [0.25, 0.3) is 0 Å². The zero-order valence-electron chi connectivity index (χ0n) is 11.9. The van der Waals surface area contributed by atoms with Crippen LogP contribution in [0.4, 0.5) is 0 Å². The van der Waals surface area contributed by atoms with Crippen LogP contribution in [0.15, 0.2) is 12.1 Å². The normalized spacial score (nSPS) is 21.8. The number of rotatable bonds is 3. The van der Waals surface area contributed by atoms with E-state index >= 15 is 0 Å². The molecule has 114 valence electrons. The number of hydrogen-bond donors (Lipinski definition) is 2. The van der Waals surface area contributed by atoms with Crippen LogP contribution in [-0.2, 0) is 4.74 Å². The SMILES string of the molecule is CC1COC(CO)CN1C(=O)c1ccc(C#CCCO)s1. The first-order chi connectivity index (χ1) is 10.2. The maximum atomic E-state index is 12.5. The third-order valence-electron chi connectivity index (χ3n) is 3.24. The van der Waals surface area contributed by atoms with Gasteiger partial charge in [-0.2, -0.15) is 0 Å². The van der Waals surface area contributed by atoms with E-state index < -0.39 is 0 Å². The van der Waals surface area contributed by atoms with Gasteiger partial charge < -0.3 is 19.8 Å². The molecule has 1 saturated heterocycles. The third kappa shape index (κ3) is 4.05. The lowest BCUT2D eigenvalue weighted by Gasteiger charge is -2.37. The highest BCUT2D eigenvalue weighted by Crippen LogP contribution is 2.21. The molecule has 2 heterocycles. The fourth-order valence-electron chi connectivity index (χ4n) is 2.08. The first-order valence-corrected chi connectivity index (χ1v) is 7.70. The summed E-state index contributed by atoms with van der Waals surface area (Å²) in [5, 5.41) is 17.9. The summed E-state index contributed by atoms with van der Waals surface area (Å²) in [6, 6.07) is 3.58. The predicted molar refractivity (Wildman–Crippen MR) is 80.2 cm³/mol. The van der Waals surface area contributed by atoms with Crippen molar-refractivity contribution >= 4 is 17.2 Å². The number of aliphatic hydroxyl groups is 2.